The minimum atomic E-state index is -0.368. The molecule has 1 N–H and O–H groups in total. The maximum atomic E-state index is 13.1. The first kappa shape index (κ1) is 21.3. The number of halogens is 1. The van der Waals surface area contributed by atoms with Crippen molar-refractivity contribution in [3.8, 4) is 11.8 Å². The van der Waals surface area contributed by atoms with E-state index >= 15 is 0 Å². The third-order valence-electron chi connectivity index (χ3n) is 5.50. The second-order valence-corrected chi connectivity index (χ2v) is 7.76. The van der Waals surface area contributed by atoms with E-state index in [2.05, 4.69) is 17.2 Å². The van der Waals surface area contributed by atoms with Gasteiger partial charge in [-0.25, -0.2) is 4.39 Å². The predicted molar refractivity (Wildman–Crippen MR) is 123 cm³/mol. The van der Waals surface area contributed by atoms with Crippen LogP contribution in [0, 0.1) is 23.6 Å². The number of nitrogens with one attached hydrogen (secondary N) is 1. The molecule has 1 aliphatic rings. The molecule has 1 fully saturated rings. The van der Waals surface area contributed by atoms with Gasteiger partial charge in [-0.2, -0.15) is 0 Å². The number of likely N-dealkylation sites (tertiary alicyclic amines) is 1. The molecular weight excluding hydrogens is 403 g/mol. The van der Waals surface area contributed by atoms with Gasteiger partial charge in [-0.3, -0.25) is 9.59 Å². The highest BCUT2D eigenvalue weighted by atomic mass is 19.1. The Morgan fingerprint density at radius 3 is 2.22 bits per heavy atom. The fourth-order valence-electron chi connectivity index (χ4n) is 3.70. The van der Waals surface area contributed by atoms with Crippen LogP contribution >= 0.6 is 0 Å². The Labute approximate surface area is 187 Å². The Hall–Kier alpha value is -3.91. The van der Waals surface area contributed by atoms with Gasteiger partial charge in [-0.05, 0) is 67.4 Å². The Balaban J connectivity index is 1.33. The van der Waals surface area contributed by atoms with Crippen molar-refractivity contribution < 1.29 is 14.0 Å². The van der Waals surface area contributed by atoms with Crippen molar-refractivity contribution in [1.29, 1.82) is 0 Å². The first-order valence-electron chi connectivity index (χ1n) is 10.6. The standard InChI is InChI=1S/C27H23FN2O2/c28-24-13-11-23(12-14-24)27(32)30-17-15-22(16-18-30)26(31)29-25-8-4-7-21(19-25)10-9-20-5-2-1-3-6-20/h1-8,11-14,19,22H,15-18H2,(H,29,31). The number of hydrogen-bond acceptors (Lipinski definition) is 2. The lowest BCUT2D eigenvalue weighted by Crippen LogP contribution is -2.41. The van der Waals surface area contributed by atoms with Crippen molar-refractivity contribution in [3.05, 3.63) is 101 Å². The lowest BCUT2D eigenvalue weighted by atomic mass is 9.95. The number of carbonyl (C=O) groups is 2. The van der Waals surface area contributed by atoms with Crippen LogP contribution in [0.1, 0.15) is 34.3 Å². The van der Waals surface area contributed by atoms with E-state index in [1.165, 1.54) is 24.3 Å². The molecule has 0 unspecified atom stereocenters. The zero-order valence-corrected chi connectivity index (χ0v) is 17.6. The van der Waals surface area contributed by atoms with E-state index in [0.717, 1.165) is 11.1 Å². The number of hydrogen-bond donors (Lipinski definition) is 1. The van der Waals surface area contributed by atoms with Crippen LogP contribution < -0.4 is 5.32 Å². The summed E-state index contributed by atoms with van der Waals surface area (Å²) in [5.41, 5.74) is 2.93. The molecule has 4 nitrogen and oxygen atoms in total. The second kappa shape index (κ2) is 9.93. The molecule has 3 aromatic rings. The molecule has 2 amide bonds. The molecule has 4 rings (SSSR count). The first-order valence-corrected chi connectivity index (χ1v) is 10.6. The number of anilines is 1. The molecule has 5 heteroatoms. The van der Waals surface area contributed by atoms with Gasteiger partial charge in [0, 0.05) is 41.4 Å². The quantitative estimate of drug-likeness (QED) is 0.617. The normalized spacial score (nSPS) is 13.7. The van der Waals surface area contributed by atoms with Gasteiger partial charge in [0.2, 0.25) is 5.91 Å². The zero-order valence-electron chi connectivity index (χ0n) is 17.6. The van der Waals surface area contributed by atoms with Gasteiger partial charge in [-0.1, -0.05) is 36.1 Å². The molecule has 0 spiro atoms. The summed E-state index contributed by atoms with van der Waals surface area (Å²) < 4.78 is 13.1. The summed E-state index contributed by atoms with van der Waals surface area (Å²) in [5, 5.41) is 2.98. The number of amides is 2. The monoisotopic (exact) mass is 426 g/mol. The van der Waals surface area contributed by atoms with E-state index in [0.29, 0.717) is 37.2 Å². The van der Waals surface area contributed by atoms with Crippen LogP contribution in [0.2, 0.25) is 0 Å². The van der Waals surface area contributed by atoms with Gasteiger partial charge in [0.25, 0.3) is 5.91 Å². The molecule has 0 radical (unpaired) electrons. The molecule has 0 aliphatic carbocycles. The highest BCUT2D eigenvalue weighted by Gasteiger charge is 2.27. The number of rotatable bonds is 3. The van der Waals surface area contributed by atoms with Crippen molar-refractivity contribution in [2.45, 2.75) is 12.8 Å². The van der Waals surface area contributed by atoms with E-state index in [4.69, 9.17) is 0 Å². The SMILES string of the molecule is O=C(Nc1cccc(C#Cc2ccccc2)c1)C1CCN(C(=O)c2ccc(F)cc2)CC1. The maximum absolute atomic E-state index is 13.1. The van der Waals surface area contributed by atoms with E-state index in [9.17, 15) is 14.0 Å². The van der Waals surface area contributed by atoms with Crippen LogP contribution in [0.3, 0.4) is 0 Å². The Morgan fingerprint density at radius 1 is 0.844 bits per heavy atom. The molecule has 3 aromatic carbocycles. The van der Waals surface area contributed by atoms with Crippen molar-refractivity contribution in [1.82, 2.24) is 4.90 Å². The highest BCUT2D eigenvalue weighted by molar-refractivity contribution is 5.95. The van der Waals surface area contributed by atoms with Crippen molar-refractivity contribution >= 4 is 17.5 Å². The molecule has 0 saturated carbocycles. The largest absolute Gasteiger partial charge is 0.339 e. The van der Waals surface area contributed by atoms with Crippen molar-refractivity contribution in [3.63, 3.8) is 0 Å². The van der Waals surface area contributed by atoms with Gasteiger partial charge in [0.05, 0.1) is 0 Å². The smallest absolute Gasteiger partial charge is 0.253 e. The summed E-state index contributed by atoms with van der Waals surface area (Å²) in [4.78, 5) is 27.0. The Kier molecular flexibility index (Phi) is 6.62. The third-order valence-corrected chi connectivity index (χ3v) is 5.50. The molecule has 0 atom stereocenters. The summed E-state index contributed by atoms with van der Waals surface area (Å²) in [6.45, 7) is 0.994. The number of piperidine rings is 1. The number of benzene rings is 3. The molecule has 0 aromatic heterocycles. The van der Waals surface area contributed by atoms with Crippen LogP contribution in [0.5, 0.6) is 0 Å². The summed E-state index contributed by atoms with van der Waals surface area (Å²) in [6, 6.07) is 22.8. The molecular formula is C27H23FN2O2. The molecule has 1 aliphatic heterocycles. The highest BCUT2D eigenvalue weighted by Crippen LogP contribution is 2.21. The van der Waals surface area contributed by atoms with Crippen LogP contribution in [0.4, 0.5) is 10.1 Å². The minimum absolute atomic E-state index is 0.0490. The Morgan fingerprint density at radius 2 is 1.50 bits per heavy atom. The maximum Gasteiger partial charge on any atom is 0.253 e. The van der Waals surface area contributed by atoms with E-state index < -0.39 is 0 Å². The van der Waals surface area contributed by atoms with E-state index in [1.807, 2.05) is 54.6 Å². The van der Waals surface area contributed by atoms with Crippen LogP contribution in [0.15, 0.2) is 78.9 Å². The Bertz CT molecular complexity index is 1160. The van der Waals surface area contributed by atoms with E-state index in [-0.39, 0.29) is 23.5 Å². The summed E-state index contributed by atoms with van der Waals surface area (Å²) in [7, 11) is 0. The molecule has 32 heavy (non-hydrogen) atoms. The lowest BCUT2D eigenvalue weighted by Gasteiger charge is -2.31. The third kappa shape index (κ3) is 5.41. The number of nitrogens with zero attached hydrogens (tertiary/aromatic N) is 1. The van der Waals surface area contributed by atoms with Gasteiger partial charge in [-0.15, -0.1) is 0 Å². The molecule has 0 bridgehead atoms. The predicted octanol–water partition coefficient (Wildman–Crippen LogP) is 4.72. The average Bonchev–Trinajstić information content (AvgIpc) is 2.84. The molecule has 1 saturated heterocycles. The summed E-state index contributed by atoms with van der Waals surface area (Å²) in [5.74, 6) is 5.53. The van der Waals surface area contributed by atoms with Crippen LogP contribution in [-0.2, 0) is 4.79 Å². The zero-order chi connectivity index (χ0) is 22.3. The van der Waals surface area contributed by atoms with Crippen molar-refractivity contribution in [2.75, 3.05) is 18.4 Å². The fourth-order valence-corrected chi connectivity index (χ4v) is 3.70. The van der Waals surface area contributed by atoms with Gasteiger partial charge in [0.15, 0.2) is 0 Å². The molecule has 1 heterocycles. The first-order chi connectivity index (χ1) is 15.6. The van der Waals surface area contributed by atoms with Gasteiger partial charge >= 0.3 is 0 Å². The summed E-state index contributed by atoms with van der Waals surface area (Å²) >= 11 is 0. The number of carbonyl (C=O) groups excluding carboxylic acids is 2. The van der Waals surface area contributed by atoms with Gasteiger partial charge in [0.1, 0.15) is 5.82 Å². The minimum Gasteiger partial charge on any atom is -0.339 e. The van der Waals surface area contributed by atoms with Gasteiger partial charge < -0.3 is 10.2 Å². The van der Waals surface area contributed by atoms with E-state index in [1.54, 1.807) is 4.90 Å². The van der Waals surface area contributed by atoms with Crippen LogP contribution in [0.25, 0.3) is 0 Å². The lowest BCUT2D eigenvalue weighted by molar-refractivity contribution is -0.121. The average molecular weight is 426 g/mol. The molecule has 160 valence electrons. The summed E-state index contributed by atoms with van der Waals surface area (Å²) in [6.07, 6.45) is 1.18. The fraction of sp³-hybridized carbons (Fsp3) is 0.185. The van der Waals surface area contributed by atoms with Crippen molar-refractivity contribution in [2.24, 2.45) is 5.92 Å². The van der Waals surface area contributed by atoms with Crippen LogP contribution in [-0.4, -0.2) is 29.8 Å². The topological polar surface area (TPSA) is 49.4 Å². The second-order valence-electron chi connectivity index (χ2n) is 7.76.